The number of phenols is 1. The molecule has 0 saturated carbocycles. The molecule has 0 amide bonds. The molecule has 2 unspecified atom stereocenters. The molecule has 0 heterocycles. The third-order valence-corrected chi connectivity index (χ3v) is 4.11. The molecule has 0 aliphatic heterocycles. The maximum atomic E-state index is 11.3. The zero-order valence-corrected chi connectivity index (χ0v) is 11.9. The fraction of sp³-hybridized carbons (Fsp3) is 0.538. The Morgan fingerprint density at radius 2 is 2.22 bits per heavy atom. The van der Waals surface area contributed by atoms with E-state index in [0.717, 1.165) is 5.56 Å². The fourth-order valence-corrected chi connectivity index (χ4v) is 2.25. The first-order valence-corrected chi connectivity index (χ1v) is 7.52. The minimum absolute atomic E-state index is 0.133. The van der Waals surface area contributed by atoms with Crippen molar-refractivity contribution in [3.63, 3.8) is 0 Å². The molecule has 18 heavy (non-hydrogen) atoms. The number of hydrogen-bond acceptors (Lipinski definition) is 4. The molecule has 2 N–H and O–H groups in total. The number of rotatable bonds is 7. The molecule has 0 saturated heterocycles. The number of methoxy groups -OCH3 is 1. The summed E-state index contributed by atoms with van der Waals surface area (Å²) in [6, 6.07) is 5.42. The van der Waals surface area contributed by atoms with Crippen molar-refractivity contribution in [2.45, 2.75) is 19.9 Å². The van der Waals surface area contributed by atoms with Gasteiger partial charge in [0.1, 0.15) is 0 Å². The van der Waals surface area contributed by atoms with Gasteiger partial charge in [-0.05, 0) is 24.6 Å². The van der Waals surface area contributed by atoms with Crippen LogP contribution < -0.4 is 10.1 Å². The van der Waals surface area contributed by atoms with Crippen molar-refractivity contribution in [2.75, 3.05) is 25.2 Å². The van der Waals surface area contributed by atoms with Gasteiger partial charge in [0.25, 0.3) is 0 Å². The maximum Gasteiger partial charge on any atom is 0.160 e. The van der Waals surface area contributed by atoms with Crippen LogP contribution in [-0.4, -0.2) is 34.5 Å². The van der Waals surface area contributed by atoms with Crippen molar-refractivity contribution in [1.29, 1.82) is 0 Å². The maximum absolute atomic E-state index is 11.3. The van der Waals surface area contributed by atoms with E-state index in [1.165, 1.54) is 7.11 Å². The largest absolute Gasteiger partial charge is 0.504 e. The van der Waals surface area contributed by atoms with E-state index < -0.39 is 10.8 Å². The molecule has 0 aromatic heterocycles. The molecule has 4 nitrogen and oxygen atoms in total. The minimum atomic E-state index is -0.737. The van der Waals surface area contributed by atoms with Gasteiger partial charge in [0, 0.05) is 34.9 Å². The summed E-state index contributed by atoms with van der Waals surface area (Å²) >= 11 is 0. The van der Waals surface area contributed by atoms with Gasteiger partial charge in [-0.1, -0.05) is 13.0 Å². The number of hydrogen-bond donors (Lipinski definition) is 2. The second kappa shape index (κ2) is 7.38. The van der Waals surface area contributed by atoms with Gasteiger partial charge in [0.05, 0.1) is 7.11 Å². The molecule has 0 radical (unpaired) electrons. The number of aromatic hydroxyl groups is 1. The van der Waals surface area contributed by atoms with Gasteiger partial charge in [-0.15, -0.1) is 0 Å². The van der Waals surface area contributed by atoms with E-state index >= 15 is 0 Å². The molecule has 1 aromatic carbocycles. The lowest BCUT2D eigenvalue weighted by molar-refractivity contribution is 0.372. The zero-order valence-electron chi connectivity index (χ0n) is 11.1. The monoisotopic (exact) mass is 271 g/mol. The summed E-state index contributed by atoms with van der Waals surface area (Å²) in [4.78, 5) is 0. The van der Waals surface area contributed by atoms with Crippen LogP contribution in [0.25, 0.3) is 0 Å². The van der Waals surface area contributed by atoms with E-state index in [-0.39, 0.29) is 11.8 Å². The van der Waals surface area contributed by atoms with Crippen LogP contribution in [0.1, 0.15) is 25.5 Å². The second-order valence-electron chi connectivity index (χ2n) is 4.04. The summed E-state index contributed by atoms with van der Waals surface area (Å²) in [6.07, 6.45) is 0. The van der Waals surface area contributed by atoms with Crippen molar-refractivity contribution in [3.05, 3.63) is 23.8 Å². The SMILES string of the molecule is CCS(=O)CCNC(C)c1ccc(O)c(OC)c1. The topological polar surface area (TPSA) is 58.6 Å². The van der Waals surface area contributed by atoms with E-state index in [4.69, 9.17) is 4.74 Å². The summed E-state index contributed by atoms with van der Waals surface area (Å²) in [5, 5.41) is 12.8. The van der Waals surface area contributed by atoms with Crippen LogP contribution in [0.2, 0.25) is 0 Å². The third kappa shape index (κ3) is 4.31. The van der Waals surface area contributed by atoms with Gasteiger partial charge in [-0.3, -0.25) is 4.21 Å². The molecule has 5 heteroatoms. The van der Waals surface area contributed by atoms with Gasteiger partial charge < -0.3 is 15.2 Å². The minimum Gasteiger partial charge on any atom is -0.504 e. The standard InChI is InChI=1S/C13H21NO3S/c1-4-18(16)8-7-14-10(2)11-5-6-12(15)13(9-11)17-3/h5-6,9-10,14-15H,4,7-8H2,1-3H3. The highest BCUT2D eigenvalue weighted by molar-refractivity contribution is 7.84. The first-order chi connectivity index (χ1) is 8.58. The van der Waals surface area contributed by atoms with E-state index in [0.29, 0.717) is 23.8 Å². The van der Waals surface area contributed by atoms with Gasteiger partial charge in [-0.2, -0.15) is 0 Å². The molecule has 2 atom stereocenters. The summed E-state index contributed by atoms with van der Waals surface area (Å²) in [6.45, 7) is 4.66. The molecule has 102 valence electrons. The summed E-state index contributed by atoms with van der Waals surface area (Å²) in [7, 11) is 0.792. The van der Waals surface area contributed by atoms with E-state index in [1.807, 2.05) is 26.0 Å². The van der Waals surface area contributed by atoms with Crippen molar-refractivity contribution < 1.29 is 14.1 Å². The normalized spacial score (nSPS) is 14.2. The van der Waals surface area contributed by atoms with Gasteiger partial charge >= 0.3 is 0 Å². The molecular weight excluding hydrogens is 250 g/mol. The van der Waals surface area contributed by atoms with Crippen LogP contribution >= 0.6 is 0 Å². The third-order valence-electron chi connectivity index (χ3n) is 2.81. The van der Waals surface area contributed by atoms with Crippen LogP contribution in [0.4, 0.5) is 0 Å². The first kappa shape index (κ1) is 15.0. The van der Waals surface area contributed by atoms with Gasteiger partial charge in [-0.25, -0.2) is 0 Å². The Balaban J connectivity index is 2.56. The number of nitrogens with one attached hydrogen (secondary N) is 1. The molecule has 0 fully saturated rings. The Hall–Kier alpha value is -1.07. The van der Waals surface area contributed by atoms with Crippen LogP contribution in [0.3, 0.4) is 0 Å². The van der Waals surface area contributed by atoms with Crippen LogP contribution in [-0.2, 0) is 10.8 Å². The smallest absolute Gasteiger partial charge is 0.160 e. The summed E-state index contributed by atoms with van der Waals surface area (Å²) in [5.74, 6) is 1.97. The van der Waals surface area contributed by atoms with Crippen LogP contribution in [0.15, 0.2) is 18.2 Å². The molecular formula is C13H21NO3S. The van der Waals surface area contributed by atoms with Gasteiger partial charge in [0.2, 0.25) is 0 Å². The predicted molar refractivity (Wildman–Crippen MR) is 74.6 cm³/mol. The van der Waals surface area contributed by atoms with Crippen molar-refractivity contribution in [3.8, 4) is 11.5 Å². The van der Waals surface area contributed by atoms with E-state index in [2.05, 4.69) is 5.32 Å². The molecule has 0 bridgehead atoms. The highest BCUT2D eigenvalue weighted by Gasteiger charge is 2.09. The molecule has 1 aromatic rings. The Morgan fingerprint density at radius 1 is 1.50 bits per heavy atom. The van der Waals surface area contributed by atoms with E-state index in [1.54, 1.807) is 6.07 Å². The summed E-state index contributed by atoms with van der Waals surface area (Å²) in [5.41, 5.74) is 1.03. The molecule has 0 spiro atoms. The molecule has 0 aliphatic carbocycles. The Kier molecular flexibility index (Phi) is 6.15. The first-order valence-electron chi connectivity index (χ1n) is 6.03. The Bertz CT molecular complexity index is 409. The number of phenolic OH excluding ortho intramolecular Hbond substituents is 1. The lowest BCUT2D eigenvalue weighted by Gasteiger charge is -2.15. The average Bonchev–Trinajstić information content (AvgIpc) is 2.38. The predicted octanol–water partition coefficient (Wildman–Crippen LogP) is 1.82. The highest BCUT2D eigenvalue weighted by atomic mass is 32.2. The average molecular weight is 271 g/mol. The van der Waals surface area contributed by atoms with Gasteiger partial charge in [0.15, 0.2) is 11.5 Å². The fourth-order valence-electron chi connectivity index (χ4n) is 1.62. The number of benzene rings is 1. The van der Waals surface area contributed by atoms with Crippen LogP contribution in [0, 0.1) is 0 Å². The highest BCUT2D eigenvalue weighted by Crippen LogP contribution is 2.28. The quantitative estimate of drug-likeness (QED) is 0.794. The van der Waals surface area contributed by atoms with Crippen LogP contribution in [0.5, 0.6) is 11.5 Å². The van der Waals surface area contributed by atoms with Crippen molar-refractivity contribution >= 4 is 10.8 Å². The zero-order chi connectivity index (χ0) is 13.5. The van der Waals surface area contributed by atoms with E-state index in [9.17, 15) is 9.32 Å². The van der Waals surface area contributed by atoms with Crippen molar-refractivity contribution in [2.24, 2.45) is 0 Å². The molecule has 1 rings (SSSR count). The Morgan fingerprint density at radius 3 is 2.83 bits per heavy atom. The number of ether oxygens (including phenoxy) is 1. The second-order valence-corrected chi connectivity index (χ2v) is 5.90. The molecule has 0 aliphatic rings. The Labute approximate surface area is 111 Å². The van der Waals surface area contributed by atoms with Crippen molar-refractivity contribution in [1.82, 2.24) is 5.32 Å². The lowest BCUT2D eigenvalue weighted by atomic mass is 10.1. The summed E-state index contributed by atoms with van der Waals surface area (Å²) < 4.78 is 16.4. The lowest BCUT2D eigenvalue weighted by Crippen LogP contribution is -2.24.